The molecule has 0 fully saturated rings. The average molecular weight is 1020 g/mol. The lowest BCUT2D eigenvalue weighted by atomic mass is 9.85. The van der Waals surface area contributed by atoms with Crippen molar-refractivity contribution in [3.63, 3.8) is 0 Å². The van der Waals surface area contributed by atoms with E-state index in [9.17, 15) is 0 Å². The van der Waals surface area contributed by atoms with E-state index in [0.29, 0.717) is 11.5 Å². The first-order valence-electron chi connectivity index (χ1n) is 25.3. The first kappa shape index (κ1) is 55.6. The molecule has 0 unspecified atom stereocenters. The van der Waals surface area contributed by atoms with Crippen LogP contribution in [0.3, 0.4) is 0 Å². The van der Waals surface area contributed by atoms with Gasteiger partial charge in [0.05, 0.1) is 9.79 Å². The highest BCUT2D eigenvalue weighted by Crippen LogP contribution is 2.56. The van der Waals surface area contributed by atoms with Crippen molar-refractivity contribution >= 4 is 29.0 Å². The molecular formula is C62H80O6P2S. The van der Waals surface area contributed by atoms with Crippen LogP contribution in [0.5, 0.6) is 34.5 Å². The van der Waals surface area contributed by atoms with Crippen LogP contribution >= 0.6 is 29.0 Å². The third-order valence-electron chi connectivity index (χ3n) is 12.4. The molecule has 0 bridgehead atoms. The third-order valence-corrected chi connectivity index (χ3v) is 15.5. The van der Waals surface area contributed by atoms with Crippen molar-refractivity contribution < 1.29 is 27.1 Å². The zero-order chi connectivity index (χ0) is 52.3. The molecular weight excluding hydrogens is 935 g/mol. The Kier molecular flexibility index (Phi) is 18.1. The van der Waals surface area contributed by atoms with E-state index in [0.717, 1.165) is 99.6 Å². The second kappa shape index (κ2) is 23.0. The quantitative estimate of drug-likeness (QED) is 0.0795. The van der Waals surface area contributed by atoms with Crippen molar-refractivity contribution in [3.8, 4) is 34.5 Å². The van der Waals surface area contributed by atoms with Gasteiger partial charge < -0.3 is 27.1 Å². The van der Waals surface area contributed by atoms with Crippen molar-refractivity contribution in [2.45, 2.75) is 183 Å². The van der Waals surface area contributed by atoms with Crippen molar-refractivity contribution in [3.05, 3.63) is 164 Å². The SMILES string of the molecule is Cc1ccc(C(C)C)c(OP(Oc2cc(C)ccc2C(C)C)Oc2c(Sc3cc(C)cc(C(C)(C)C)c3OP(Oc3cc(C)ccc3C(C)C)Oc3cc(C)ccc3C(C)C)cc(C)cc2C(C)(C)C)c1. The molecule has 0 saturated heterocycles. The average Bonchev–Trinajstić information content (AvgIpc) is 3.24. The Bertz CT molecular complexity index is 2510. The molecule has 0 aliphatic heterocycles. The van der Waals surface area contributed by atoms with E-state index >= 15 is 0 Å². The third kappa shape index (κ3) is 14.3. The summed E-state index contributed by atoms with van der Waals surface area (Å²) in [6.07, 6.45) is 0. The second-order valence-electron chi connectivity index (χ2n) is 22.7. The standard InChI is InChI=1S/C62H80O6P2S/c1-37(2)47-25-21-41(9)31-53(47)63-69(64-54-32-42(10)22-26-48(54)38(3)4)67-59-51(61(15,16)17)29-45(13)35-57(59)71-58-36-46(14)30-52(62(18,19)20)60(58)68-70(65-55-33-43(11)23-27-49(55)39(5)6)66-56-34-44(12)24-28-50(56)40(7)8/h21-40H,1-20H3. The van der Waals surface area contributed by atoms with E-state index in [2.05, 4.69) is 236 Å². The number of aryl methyl sites for hydroxylation is 6. The molecule has 0 radical (unpaired) electrons. The maximum atomic E-state index is 7.40. The van der Waals surface area contributed by atoms with Crippen LogP contribution in [0, 0.1) is 41.5 Å². The zero-order valence-electron chi connectivity index (χ0n) is 46.3. The summed E-state index contributed by atoms with van der Waals surface area (Å²) in [4.78, 5) is 1.83. The number of hydrogen-bond acceptors (Lipinski definition) is 7. The Balaban J connectivity index is 1.57. The highest BCUT2D eigenvalue weighted by molar-refractivity contribution is 7.99. The van der Waals surface area contributed by atoms with Gasteiger partial charge in [-0.2, -0.15) is 0 Å². The first-order valence-corrected chi connectivity index (χ1v) is 28.3. The van der Waals surface area contributed by atoms with E-state index in [1.807, 2.05) is 0 Å². The lowest BCUT2D eigenvalue weighted by Gasteiger charge is -2.30. The second-order valence-corrected chi connectivity index (χ2v) is 25.7. The molecule has 0 saturated carbocycles. The molecule has 0 aromatic heterocycles. The molecule has 380 valence electrons. The number of benzene rings is 6. The summed E-state index contributed by atoms with van der Waals surface area (Å²) in [5.41, 5.74) is 12.4. The normalized spacial score (nSPS) is 12.2. The minimum atomic E-state index is -2.07. The summed E-state index contributed by atoms with van der Waals surface area (Å²) in [6.45, 7) is 43.6. The summed E-state index contributed by atoms with van der Waals surface area (Å²) in [5, 5.41) is 0. The minimum Gasteiger partial charge on any atom is -0.408 e. The lowest BCUT2D eigenvalue weighted by Crippen LogP contribution is -2.16. The zero-order valence-corrected chi connectivity index (χ0v) is 48.9. The molecule has 71 heavy (non-hydrogen) atoms. The predicted molar refractivity (Wildman–Crippen MR) is 303 cm³/mol. The van der Waals surface area contributed by atoms with E-state index in [4.69, 9.17) is 27.1 Å². The van der Waals surface area contributed by atoms with E-state index < -0.39 is 17.2 Å². The maximum Gasteiger partial charge on any atom is 0.530 e. The fourth-order valence-electron chi connectivity index (χ4n) is 8.43. The van der Waals surface area contributed by atoms with Gasteiger partial charge in [0.1, 0.15) is 34.5 Å². The molecule has 0 amide bonds. The largest absolute Gasteiger partial charge is 0.530 e. The van der Waals surface area contributed by atoms with Gasteiger partial charge in [-0.1, -0.05) is 169 Å². The molecule has 0 aliphatic rings. The van der Waals surface area contributed by atoms with Crippen LogP contribution < -0.4 is 27.1 Å². The molecule has 0 aliphatic carbocycles. The molecule has 0 spiro atoms. The molecule has 6 nitrogen and oxygen atoms in total. The van der Waals surface area contributed by atoms with Crippen LogP contribution in [0.1, 0.15) is 187 Å². The minimum absolute atomic E-state index is 0.212. The van der Waals surface area contributed by atoms with Crippen LogP contribution in [-0.2, 0) is 10.8 Å². The number of rotatable bonds is 18. The van der Waals surface area contributed by atoms with Crippen LogP contribution in [0.4, 0.5) is 0 Å². The Labute approximate surface area is 435 Å². The van der Waals surface area contributed by atoms with Crippen molar-refractivity contribution in [2.75, 3.05) is 0 Å². The van der Waals surface area contributed by atoms with Crippen molar-refractivity contribution in [1.29, 1.82) is 0 Å². The summed E-state index contributed by atoms with van der Waals surface area (Å²) in [6, 6.07) is 34.5. The molecule has 6 aromatic rings. The Morgan fingerprint density at radius 1 is 0.338 bits per heavy atom. The highest BCUT2D eigenvalue weighted by atomic mass is 32.2. The summed E-state index contributed by atoms with van der Waals surface area (Å²) >= 11 is 1.63. The van der Waals surface area contributed by atoms with E-state index in [1.165, 1.54) is 0 Å². The van der Waals surface area contributed by atoms with Gasteiger partial charge in [0, 0.05) is 11.1 Å². The Morgan fingerprint density at radius 3 is 0.817 bits per heavy atom. The van der Waals surface area contributed by atoms with Crippen LogP contribution in [0.15, 0.2) is 107 Å². The van der Waals surface area contributed by atoms with Crippen LogP contribution in [0.25, 0.3) is 0 Å². The van der Waals surface area contributed by atoms with Crippen LogP contribution in [0.2, 0.25) is 0 Å². The van der Waals surface area contributed by atoms with Gasteiger partial charge in [-0.3, -0.25) is 0 Å². The molecule has 9 heteroatoms. The first-order chi connectivity index (χ1) is 33.2. The van der Waals surface area contributed by atoms with E-state index in [1.54, 1.807) is 11.8 Å². The summed E-state index contributed by atoms with van der Waals surface area (Å²) in [5.74, 6) is 5.28. The smallest absolute Gasteiger partial charge is 0.408 e. The van der Waals surface area contributed by atoms with Gasteiger partial charge >= 0.3 is 17.2 Å². The lowest BCUT2D eigenvalue weighted by molar-refractivity contribution is 0.373. The van der Waals surface area contributed by atoms with Gasteiger partial charge in [-0.25, -0.2) is 0 Å². The Hall–Kier alpha value is -4.67. The molecule has 6 rings (SSSR count). The van der Waals surface area contributed by atoms with Crippen LogP contribution in [-0.4, -0.2) is 0 Å². The van der Waals surface area contributed by atoms with Gasteiger partial charge in [-0.15, -0.1) is 0 Å². The highest BCUT2D eigenvalue weighted by Gasteiger charge is 2.34. The van der Waals surface area contributed by atoms with Gasteiger partial charge in [0.2, 0.25) is 0 Å². The summed E-state index contributed by atoms with van der Waals surface area (Å²) < 4.78 is 43.1. The predicted octanol–water partition coefficient (Wildman–Crippen LogP) is 20.3. The van der Waals surface area contributed by atoms with Gasteiger partial charge in [0.25, 0.3) is 0 Å². The molecule has 0 N–H and O–H groups in total. The Morgan fingerprint density at radius 2 is 0.592 bits per heavy atom. The fourth-order valence-corrected chi connectivity index (χ4v) is 12.0. The molecule has 6 aromatic carbocycles. The summed E-state index contributed by atoms with van der Waals surface area (Å²) in [7, 11) is -4.15. The monoisotopic (exact) mass is 1010 g/mol. The molecule has 0 heterocycles. The number of hydrogen-bond donors (Lipinski definition) is 0. The topological polar surface area (TPSA) is 55.4 Å². The maximum absolute atomic E-state index is 7.40. The fraction of sp³-hybridized carbons (Fsp3) is 0.419. The van der Waals surface area contributed by atoms with Crippen molar-refractivity contribution in [2.24, 2.45) is 0 Å². The van der Waals surface area contributed by atoms with Gasteiger partial charge in [-0.05, 0) is 168 Å². The van der Waals surface area contributed by atoms with Crippen molar-refractivity contribution in [1.82, 2.24) is 0 Å². The van der Waals surface area contributed by atoms with Gasteiger partial charge in [0.15, 0.2) is 0 Å². The van der Waals surface area contributed by atoms with E-state index in [-0.39, 0.29) is 34.5 Å². The molecule has 0 atom stereocenters.